The molecule has 2 aliphatic carbocycles. The standard InChI is InChI=1S/C16H15NO4/c18-14-12-8-5-6-9(7-8)13(12)15(19)17(14)11-4-2-1-3-10(11)16(20)21/h1-4,8-9,12-13H,5-7H2,(H,20,21)/t8-,9+,12-,13+. The molecule has 4 rings (SSSR count). The molecule has 4 atom stereocenters. The van der Waals surface area contributed by atoms with Crippen LogP contribution < -0.4 is 4.90 Å². The minimum atomic E-state index is -1.12. The van der Waals surface area contributed by atoms with Crippen LogP contribution in [0.25, 0.3) is 0 Å². The minimum absolute atomic E-state index is 0.00604. The van der Waals surface area contributed by atoms with Gasteiger partial charge >= 0.3 is 5.97 Å². The van der Waals surface area contributed by atoms with Crippen molar-refractivity contribution >= 4 is 23.5 Å². The fraction of sp³-hybridized carbons (Fsp3) is 0.438. The molecule has 2 amide bonds. The minimum Gasteiger partial charge on any atom is -0.478 e. The zero-order chi connectivity index (χ0) is 14.7. The Labute approximate surface area is 121 Å². The quantitative estimate of drug-likeness (QED) is 0.842. The van der Waals surface area contributed by atoms with Crippen molar-refractivity contribution < 1.29 is 19.5 Å². The van der Waals surface area contributed by atoms with Crippen molar-refractivity contribution in [3.05, 3.63) is 29.8 Å². The molecule has 5 nitrogen and oxygen atoms in total. The van der Waals surface area contributed by atoms with Gasteiger partial charge in [0.15, 0.2) is 0 Å². The summed E-state index contributed by atoms with van der Waals surface area (Å²) >= 11 is 0. The Morgan fingerprint density at radius 2 is 1.62 bits per heavy atom. The summed E-state index contributed by atoms with van der Waals surface area (Å²) in [6.07, 6.45) is 3.00. The van der Waals surface area contributed by atoms with E-state index in [1.54, 1.807) is 18.2 Å². The largest absolute Gasteiger partial charge is 0.478 e. The molecule has 0 unspecified atom stereocenters. The number of hydrogen-bond acceptors (Lipinski definition) is 3. The van der Waals surface area contributed by atoms with Crippen LogP contribution in [0, 0.1) is 23.7 Å². The molecule has 5 heteroatoms. The lowest BCUT2D eigenvalue weighted by Gasteiger charge is -2.19. The molecule has 1 aromatic rings. The first-order valence-corrected chi connectivity index (χ1v) is 7.29. The number of amides is 2. The highest BCUT2D eigenvalue weighted by atomic mass is 16.4. The van der Waals surface area contributed by atoms with Crippen LogP contribution in [0.4, 0.5) is 5.69 Å². The van der Waals surface area contributed by atoms with Crippen LogP contribution in [0.2, 0.25) is 0 Å². The van der Waals surface area contributed by atoms with Gasteiger partial charge in [0.25, 0.3) is 0 Å². The molecule has 1 N–H and O–H groups in total. The second-order valence-corrected chi connectivity index (χ2v) is 6.22. The van der Waals surface area contributed by atoms with Crippen LogP contribution in [0.5, 0.6) is 0 Å². The Hall–Kier alpha value is -2.17. The van der Waals surface area contributed by atoms with Crippen molar-refractivity contribution in [1.29, 1.82) is 0 Å². The first kappa shape index (κ1) is 12.6. The Bertz CT molecular complexity index is 640. The zero-order valence-electron chi connectivity index (χ0n) is 11.4. The number of carbonyl (C=O) groups excluding carboxylic acids is 2. The van der Waals surface area contributed by atoms with E-state index < -0.39 is 5.97 Å². The summed E-state index contributed by atoms with van der Waals surface area (Å²) in [5.41, 5.74) is 0.223. The maximum Gasteiger partial charge on any atom is 0.337 e. The van der Waals surface area contributed by atoms with E-state index in [9.17, 15) is 19.5 Å². The van der Waals surface area contributed by atoms with Crippen molar-refractivity contribution in [2.24, 2.45) is 23.7 Å². The van der Waals surface area contributed by atoms with Gasteiger partial charge in [-0.15, -0.1) is 0 Å². The summed E-state index contributed by atoms with van der Waals surface area (Å²) in [4.78, 5) is 37.8. The van der Waals surface area contributed by atoms with Gasteiger partial charge in [-0.25, -0.2) is 9.69 Å². The SMILES string of the molecule is O=C(O)c1ccccc1N1C(=O)[C@@H]2[C@@H]3CC[C@@H](C3)[C@@H]2C1=O. The number of anilines is 1. The number of carboxylic acid groups (broad SMARTS) is 1. The van der Waals surface area contributed by atoms with Crippen LogP contribution >= 0.6 is 0 Å². The van der Waals surface area contributed by atoms with Gasteiger partial charge in [0, 0.05) is 0 Å². The number of nitrogens with zero attached hydrogens (tertiary/aromatic N) is 1. The highest BCUT2D eigenvalue weighted by Gasteiger charge is 2.61. The molecule has 0 aromatic heterocycles. The molecule has 1 aromatic carbocycles. The lowest BCUT2D eigenvalue weighted by molar-refractivity contribution is -0.123. The Kier molecular flexibility index (Phi) is 2.49. The molecule has 0 spiro atoms. The number of hydrogen-bond donors (Lipinski definition) is 1. The first-order valence-electron chi connectivity index (χ1n) is 7.29. The molecule has 3 fully saturated rings. The predicted molar refractivity (Wildman–Crippen MR) is 73.7 cm³/mol. The van der Waals surface area contributed by atoms with E-state index >= 15 is 0 Å². The Morgan fingerprint density at radius 1 is 1.05 bits per heavy atom. The van der Waals surface area contributed by atoms with E-state index in [1.807, 2.05) is 0 Å². The van der Waals surface area contributed by atoms with E-state index in [2.05, 4.69) is 0 Å². The molecule has 2 saturated carbocycles. The summed E-state index contributed by atoms with van der Waals surface area (Å²) < 4.78 is 0. The molecular weight excluding hydrogens is 270 g/mol. The van der Waals surface area contributed by atoms with E-state index in [1.165, 1.54) is 6.07 Å². The topological polar surface area (TPSA) is 74.7 Å². The van der Waals surface area contributed by atoms with Crippen LogP contribution in [0.1, 0.15) is 29.6 Å². The van der Waals surface area contributed by atoms with Gasteiger partial charge in [-0.3, -0.25) is 9.59 Å². The predicted octanol–water partition coefficient (Wildman–Crippen LogP) is 1.92. The van der Waals surface area contributed by atoms with Crippen LogP contribution in [0.3, 0.4) is 0 Å². The zero-order valence-corrected chi connectivity index (χ0v) is 11.4. The summed E-state index contributed by atoms with van der Waals surface area (Å²) in [5.74, 6) is -1.36. The van der Waals surface area contributed by atoms with Crippen LogP contribution in [-0.2, 0) is 9.59 Å². The lowest BCUT2D eigenvalue weighted by atomic mass is 9.81. The summed E-state index contributed by atoms with van der Waals surface area (Å²) in [6.45, 7) is 0. The van der Waals surface area contributed by atoms with Gasteiger partial charge in [-0.2, -0.15) is 0 Å². The number of imide groups is 1. The molecule has 3 aliphatic rings. The molecule has 1 saturated heterocycles. The van der Waals surface area contributed by atoms with Crippen molar-refractivity contribution in [3.63, 3.8) is 0 Å². The number of fused-ring (bicyclic) bond motifs is 5. The molecule has 2 bridgehead atoms. The first-order chi connectivity index (χ1) is 10.1. The number of carbonyl (C=O) groups is 3. The number of para-hydroxylation sites is 1. The second-order valence-electron chi connectivity index (χ2n) is 6.22. The fourth-order valence-corrected chi connectivity index (χ4v) is 4.50. The number of carboxylic acids is 1. The Balaban J connectivity index is 1.79. The molecular formula is C16H15NO4. The molecule has 21 heavy (non-hydrogen) atoms. The van der Waals surface area contributed by atoms with E-state index in [4.69, 9.17) is 0 Å². The van der Waals surface area contributed by atoms with Gasteiger partial charge in [-0.1, -0.05) is 12.1 Å². The van der Waals surface area contributed by atoms with Crippen LogP contribution in [0.15, 0.2) is 24.3 Å². The summed E-state index contributed by atoms with van der Waals surface area (Å²) in [7, 11) is 0. The third-order valence-electron chi connectivity index (χ3n) is 5.30. The maximum atomic E-state index is 12.7. The van der Waals surface area contributed by atoms with Gasteiger partial charge < -0.3 is 5.11 Å². The number of rotatable bonds is 2. The molecule has 1 aliphatic heterocycles. The summed E-state index contributed by atoms with van der Waals surface area (Å²) in [5, 5.41) is 9.27. The smallest absolute Gasteiger partial charge is 0.337 e. The third-order valence-corrected chi connectivity index (χ3v) is 5.30. The van der Waals surface area contributed by atoms with Crippen molar-refractivity contribution in [3.8, 4) is 0 Å². The number of aromatic carboxylic acids is 1. The highest BCUT2D eigenvalue weighted by molar-refractivity contribution is 6.24. The van der Waals surface area contributed by atoms with E-state index in [0.717, 1.165) is 24.2 Å². The van der Waals surface area contributed by atoms with Crippen molar-refractivity contribution in [2.75, 3.05) is 4.90 Å². The van der Waals surface area contributed by atoms with Crippen molar-refractivity contribution in [1.82, 2.24) is 0 Å². The van der Waals surface area contributed by atoms with E-state index in [-0.39, 0.29) is 34.9 Å². The van der Waals surface area contributed by atoms with Gasteiger partial charge in [0.1, 0.15) is 0 Å². The monoisotopic (exact) mass is 285 g/mol. The maximum absolute atomic E-state index is 12.7. The van der Waals surface area contributed by atoms with Crippen LogP contribution in [-0.4, -0.2) is 22.9 Å². The average molecular weight is 285 g/mol. The summed E-state index contributed by atoms with van der Waals surface area (Å²) in [6, 6.07) is 6.23. The second kappa shape index (κ2) is 4.16. The molecule has 0 radical (unpaired) electrons. The lowest BCUT2D eigenvalue weighted by Crippen LogP contribution is -2.34. The molecule has 1 heterocycles. The van der Waals surface area contributed by atoms with Gasteiger partial charge in [-0.05, 0) is 43.2 Å². The van der Waals surface area contributed by atoms with E-state index in [0.29, 0.717) is 11.8 Å². The van der Waals surface area contributed by atoms with Gasteiger partial charge in [0.05, 0.1) is 23.1 Å². The number of benzene rings is 1. The highest BCUT2D eigenvalue weighted by Crippen LogP contribution is 2.56. The van der Waals surface area contributed by atoms with Crippen molar-refractivity contribution in [2.45, 2.75) is 19.3 Å². The third kappa shape index (κ3) is 1.54. The average Bonchev–Trinajstić information content (AvgIpc) is 3.13. The molecule has 108 valence electrons. The fourth-order valence-electron chi connectivity index (χ4n) is 4.50. The normalized spacial score (nSPS) is 33.6. The Morgan fingerprint density at radius 3 is 2.19 bits per heavy atom. The van der Waals surface area contributed by atoms with Gasteiger partial charge in [0.2, 0.25) is 11.8 Å².